The molecule has 4 fully saturated rings. The highest BCUT2D eigenvalue weighted by Crippen LogP contribution is 2.75. The number of carbonyl (C=O) groups excluding carboxylic acids is 2. The third-order valence-electron chi connectivity index (χ3n) is 13.6. The van der Waals surface area contributed by atoms with Crippen LogP contribution in [-0.4, -0.2) is 61.5 Å². The predicted octanol–water partition coefficient (Wildman–Crippen LogP) is 10.0. The lowest BCUT2D eigenvalue weighted by molar-refractivity contribution is -0.197. The van der Waals surface area contributed by atoms with E-state index in [2.05, 4.69) is 57.0 Å². The molecule has 3 N–H and O–H groups in total. The van der Waals surface area contributed by atoms with E-state index in [4.69, 9.17) is 9.84 Å². The number of carboxylic acids is 1. The summed E-state index contributed by atoms with van der Waals surface area (Å²) in [6, 6.07) is 17.4. The number of nitrogens with one attached hydrogen (secondary N) is 2. The lowest BCUT2D eigenvalue weighted by Gasteiger charge is -2.70. The van der Waals surface area contributed by atoms with Crippen LogP contribution in [0, 0.1) is 28.6 Å². The minimum atomic E-state index is -1.09. The minimum Gasteiger partial charge on any atom is -0.476 e. The smallest absolute Gasteiger partial charge is 0.407 e. The van der Waals surface area contributed by atoms with E-state index in [0.29, 0.717) is 48.1 Å². The lowest BCUT2D eigenvalue weighted by Crippen LogP contribution is -2.60. The molecule has 3 aromatic heterocycles. The molecular weight excluding hydrogens is 787 g/mol. The number of anilines is 2. The third kappa shape index (κ3) is 8.01. The molecule has 1 aliphatic heterocycles. The third-order valence-corrected chi connectivity index (χ3v) is 14.6. The molecule has 0 spiro atoms. The van der Waals surface area contributed by atoms with Crippen LogP contribution in [-0.2, 0) is 24.2 Å². The van der Waals surface area contributed by atoms with E-state index >= 15 is 0 Å². The maximum Gasteiger partial charge on any atom is 0.407 e. The van der Waals surface area contributed by atoms with Crippen LogP contribution < -0.4 is 15.5 Å². The van der Waals surface area contributed by atoms with E-state index in [1.807, 2.05) is 63.2 Å². The average Bonchev–Trinajstić information content (AvgIpc) is 3.73. The Morgan fingerprint density at radius 2 is 1.69 bits per heavy atom. The van der Waals surface area contributed by atoms with Crippen LogP contribution in [0.4, 0.5) is 15.7 Å². The summed E-state index contributed by atoms with van der Waals surface area (Å²) in [6.07, 6.45) is 10.7. The molecule has 2 atom stereocenters. The highest BCUT2D eigenvalue weighted by atomic mass is 32.1. The van der Waals surface area contributed by atoms with Gasteiger partial charge in [-0.2, -0.15) is 5.10 Å². The Morgan fingerprint density at radius 3 is 2.43 bits per heavy atom. The largest absolute Gasteiger partial charge is 0.476 e. The van der Waals surface area contributed by atoms with Gasteiger partial charge in [-0.3, -0.25) is 14.8 Å². The first-order valence-corrected chi connectivity index (χ1v) is 22.5. The number of aromatic carboxylic acids is 1. The average molecular weight is 844 g/mol. The van der Waals surface area contributed by atoms with Gasteiger partial charge >= 0.3 is 12.1 Å². The highest BCUT2D eigenvalue weighted by molar-refractivity contribution is 7.22. The first-order valence-electron chi connectivity index (χ1n) is 21.7. The van der Waals surface area contributed by atoms with Gasteiger partial charge in [0, 0.05) is 54.8 Å². The van der Waals surface area contributed by atoms with Crippen molar-refractivity contribution in [3.8, 4) is 11.1 Å². The van der Waals surface area contributed by atoms with Crippen LogP contribution in [0.15, 0.2) is 60.8 Å². The topological polar surface area (TPSA) is 152 Å². The second-order valence-corrected chi connectivity index (χ2v) is 21.4. The summed E-state index contributed by atoms with van der Waals surface area (Å²) in [5.74, 6) is -0.583. The van der Waals surface area contributed by atoms with Crippen LogP contribution in [0.5, 0.6) is 0 Å². The Kier molecular flexibility index (Phi) is 10.1. The molecule has 61 heavy (non-hydrogen) atoms. The number of nitrogens with zero attached hydrogens (tertiary/aromatic N) is 5. The molecule has 4 bridgehead atoms. The molecule has 13 heteroatoms. The summed E-state index contributed by atoms with van der Waals surface area (Å²) >= 11 is 1.45. The molecule has 4 heterocycles. The van der Waals surface area contributed by atoms with E-state index < -0.39 is 11.6 Å². The van der Waals surface area contributed by atoms with Gasteiger partial charge in [0.25, 0.3) is 5.91 Å². The van der Waals surface area contributed by atoms with Gasteiger partial charge in [-0.25, -0.2) is 19.6 Å². The molecule has 12 nitrogen and oxygen atoms in total. The van der Waals surface area contributed by atoms with Crippen molar-refractivity contribution in [3.63, 3.8) is 0 Å². The van der Waals surface area contributed by atoms with E-state index in [0.717, 1.165) is 71.2 Å². The number of aromatic nitrogens is 4. The molecule has 4 aliphatic carbocycles. The van der Waals surface area contributed by atoms with E-state index in [1.54, 1.807) is 6.07 Å². The normalized spacial score (nSPS) is 25.4. The standard InChI is InChI=1S/C48H57N7O5S/c1-30-37(33-14-10-19-49-38(33)41(57)58)39(54-21-17-31-12-9-13-32(34(31)22-54)40(56)52-42-51-35-15-7-8-16-36(35)61-42)53-55(30)29-48-26-45(5)23-46(6,27-48)25-47(24-45,28-48)18-11-20-50-43(59)60-44(2,3)4/h7-10,12-16,19H,11,17-18,20-29H2,1-6H3,(H,50,59)(H,57,58)(H,51,52,56). The van der Waals surface area contributed by atoms with Crippen LogP contribution in [0.2, 0.25) is 0 Å². The van der Waals surface area contributed by atoms with E-state index in [1.165, 1.54) is 36.8 Å². The summed E-state index contributed by atoms with van der Waals surface area (Å²) in [4.78, 5) is 50.4. The molecule has 10 rings (SSSR count). The summed E-state index contributed by atoms with van der Waals surface area (Å²) < 4.78 is 8.69. The number of hydrogen-bond acceptors (Lipinski definition) is 9. The van der Waals surface area contributed by atoms with Crippen molar-refractivity contribution in [2.24, 2.45) is 21.7 Å². The highest BCUT2D eigenvalue weighted by Gasteiger charge is 2.65. The fraction of sp³-hybridized carbons (Fsp3) is 0.500. The zero-order valence-corrected chi connectivity index (χ0v) is 37.0. The summed E-state index contributed by atoms with van der Waals surface area (Å²) in [7, 11) is 0. The van der Waals surface area contributed by atoms with Crippen LogP contribution in [0.25, 0.3) is 21.3 Å². The van der Waals surface area contributed by atoms with Crippen molar-refractivity contribution in [2.75, 3.05) is 23.3 Å². The number of benzene rings is 2. The minimum absolute atomic E-state index is 0.00604. The molecule has 5 aliphatic rings. The van der Waals surface area contributed by atoms with Crippen molar-refractivity contribution in [2.45, 2.75) is 118 Å². The zero-order chi connectivity index (χ0) is 43.0. The number of rotatable bonds is 11. The summed E-state index contributed by atoms with van der Waals surface area (Å²) in [5, 5.41) is 22.5. The van der Waals surface area contributed by atoms with Gasteiger partial charge in [-0.1, -0.05) is 55.5 Å². The summed E-state index contributed by atoms with van der Waals surface area (Å²) in [6.45, 7) is 15.1. The van der Waals surface area contributed by atoms with Gasteiger partial charge in [0.1, 0.15) is 5.60 Å². The molecular formula is C48H57N7O5S. The number of para-hydroxylation sites is 1. The maximum absolute atomic E-state index is 14.0. The Morgan fingerprint density at radius 1 is 0.934 bits per heavy atom. The first kappa shape index (κ1) is 41.1. The number of fused-ring (bicyclic) bond motifs is 2. The number of carboxylic acid groups (broad SMARTS) is 1. The van der Waals surface area contributed by atoms with Crippen molar-refractivity contribution in [3.05, 3.63) is 88.9 Å². The molecule has 2 aromatic carbocycles. The number of ether oxygens (including phenoxy) is 1. The van der Waals surface area contributed by atoms with Crippen LogP contribution >= 0.6 is 11.3 Å². The van der Waals surface area contributed by atoms with E-state index in [-0.39, 0.29) is 39.4 Å². The van der Waals surface area contributed by atoms with Crippen molar-refractivity contribution >= 4 is 50.5 Å². The lowest BCUT2D eigenvalue weighted by atomic mass is 9.35. The van der Waals surface area contributed by atoms with Crippen molar-refractivity contribution in [1.82, 2.24) is 25.1 Å². The predicted molar refractivity (Wildman–Crippen MR) is 238 cm³/mol. The Balaban J connectivity index is 1.03. The maximum atomic E-state index is 14.0. The SMILES string of the molecule is Cc1c(-c2cccnc2C(=O)O)c(N2CCc3cccc(C(=O)Nc4nc5ccccc5s4)c3C2)nn1CC12CC3(C)CC(C)(CC(CCCNC(=O)OC(C)(C)C)(C3)C1)C2. The zero-order valence-electron chi connectivity index (χ0n) is 36.2. The van der Waals surface area contributed by atoms with Gasteiger partial charge in [-0.05, 0) is 143 Å². The number of carbonyl (C=O) groups is 3. The first-order chi connectivity index (χ1) is 28.9. The molecule has 320 valence electrons. The molecule has 0 radical (unpaired) electrons. The quantitative estimate of drug-likeness (QED) is 0.110. The summed E-state index contributed by atoms with van der Waals surface area (Å²) in [5.41, 5.74) is 5.75. The number of pyridine rings is 1. The second-order valence-electron chi connectivity index (χ2n) is 20.4. The molecule has 5 aromatic rings. The van der Waals surface area contributed by atoms with Gasteiger partial charge in [0.15, 0.2) is 16.6 Å². The molecule has 2 amide bonds. The van der Waals surface area contributed by atoms with Gasteiger partial charge in [0.2, 0.25) is 0 Å². The van der Waals surface area contributed by atoms with E-state index in [9.17, 15) is 19.5 Å². The molecule has 0 saturated heterocycles. The van der Waals surface area contributed by atoms with Crippen LogP contribution in [0.3, 0.4) is 0 Å². The van der Waals surface area contributed by atoms with Crippen LogP contribution in [0.1, 0.15) is 124 Å². The fourth-order valence-electron chi connectivity index (χ4n) is 13.0. The molecule has 2 unspecified atom stereocenters. The number of hydrogen-bond donors (Lipinski definition) is 3. The van der Waals surface area contributed by atoms with Gasteiger partial charge in [-0.15, -0.1) is 0 Å². The Labute approximate surface area is 361 Å². The Hall–Kier alpha value is -5.30. The van der Waals surface area contributed by atoms with Crippen molar-refractivity contribution < 1.29 is 24.2 Å². The molecule has 4 saturated carbocycles. The van der Waals surface area contributed by atoms with Gasteiger partial charge in [0.05, 0.1) is 10.2 Å². The van der Waals surface area contributed by atoms with Gasteiger partial charge < -0.3 is 20.1 Å². The number of amides is 2. The second kappa shape index (κ2) is 15.0. The number of alkyl carbamates (subject to hydrolysis) is 1. The fourth-order valence-corrected chi connectivity index (χ4v) is 13.8. The number of thiazole rings is 1. The monoisotopic (exact) mass is 843 g/mol. The Bertz CT molecular complexity index is 2500. The van der Waals surface area contributed by atoms with Crippen molar-refractivity contribution in [1.29, 1.82) is 0 Å².